The number of carbonyl (C=O) groups is 2. The molecule has 0 aliphatic heterocycles. The molecule has 0 spiro atoms. The van der Waals surface area contributed by atoms with Crippen LogP contribution in [0.25, 0.3) is 0 Å². The number of hydrogen-bond acceptors (Lipinski definition) is 4. The average molecular weight is 222 g/mol. The Balaban J connectivity index is 0. The third-order valence-electron chi connectivity index (χ3n) is 0.355. The van der Waals surface area contributed by atoms with Gasteiger partial charge in [-0.25, -0.2) is 0 Å². The van der Waals surface area contributed by atoms with E-state index in [9.17, 15) is 19.8 Å². The molecule has 5 heteroatoms. The van der Waals surface area contributed by atoms with Crippen LogP contribution >= 0.6 is 0 Å². The van der Waals surface area contributed by atoms with Crippen LogP contribution in [0.5, 0.6) is 0 Å². The van der Waals surface area contributed by atoms with Crippen LogP contribution in [0.2, 0.25) is 0 Å². The van der Waals surface area contributed by atoms with Crippen molar-refractivity contribution >= 4 is 11.9 Å². The summed E-state index contributed by atoms with van der Waals surface area (Å²) in [5, 5.41) is 18.8. The smallest absolute Gasteiger partial charge is 0.0643 e. The number of carbonyl (C=O) groups excluding carboxylic acids is 2. The Morgan fingerprint density at radius 3 is 1.33 bits per heavy atom. The summed E-state index contributed by atoms with van der Waals surface area (Å²) in [6, 6.07) is 0. The van der Waals surface area contributed by atoms with Crippen molar-refractivity contribution < 1.29 is 42.2 Å². The second-order valence-electron chi connectivity index (χ2n) is 0.971. The molecule has 0 saturated carbocycles. The summed E-state index contributed by atoms with van der Waals surface area (Å²) >= 11 is 0. The second kappa shape index (κ2) is 5.56. The maximum absolute atomic E-state index is 9.41. The van der Waals surface area contributed by atoms with Crippen molar-refractivity contribution in [1.82, 2.24) is 0 Å². The maximum atomic E-state index is 9.41. The molecule has 0 aromatic heterocycles. The third-order valence-corrected chi connectivity index (χ3v) is 0.355. The Hall–Kier alpha value is -0.580. The summed E-state index contributed by atoms with van der Waals surface area (Å²) < 4.78 is 0. The number of aliphatic carboxylic acids is 2. The molecule has 0 aromatic carbocycles. The Morgan fingerprint density at radius 1 is 1.00 bits per heavy atom. The topological polar surface area (TPSA) is 80.3 Å². The molecular weight excluding hydrogens is 220 g/mol. The molecule has 0 aliphatic rings. The summed E-state index contributed by atoms with van der Waals surface area (Å²) in [7, 11) is 0. The van der Waals surface area contributed by atoms with Crippen molar-refractivity contribution in [3.8, 4) is 0 Å². The fourth-order valence-corrected chi connectivity index (χ4v) is 0.136. The van der Waals surface area contributed by atoms with Gasteiger partial charge in [0.1, 0.15) is 0 Å². The van der Waals surface area contributed by atoms with E-state index in [2.05, 4.69) is 0 Å². The minimum absolute atomic E-state index is 0. The van der Waals surface area contributed by atoms with Crippen molar-refractivity contribution in [2.45, 2.75) is 0 Å². The Labute approximate surface area is 66.7 Å². The van der Waals surface area contributed by atoms with Gasteiger partial charge in [0.15, 0.2) is 0 Å². The number of carboxylic acid groups (broad SMARTS) is 2. The molecule has 0 bridgehead atoms. The first-order valence-corrected chi connectivity index (χ1v) is 1.73. The van der Waals surface area contributed by atoms with E-state index in [-0.39, 0.29) is 22.4 Å². The van der Waals surface area contributed by atoms with E-state index in [0.29, 0.717) is 12.2 Å². The summed E-state index contributed by atoms with van der Waals surface area (Å²) in [6.45, 7) is 0. The van der Waals surface area contributed by atoms with Gasteiger partial charge in [0, 0.05) is 22.4 Å². The normalized spacial score (nSPS) is 8.44. The zero-order chi connectivity index (χ0) is 6.57. The van der Waals surface area contributed by atoms with Crippen LogP contribution in [0.4, 0.5) is 0 Å². The van der Waals surface area contributed by atoms with Gasteiger partial charge < -0.3 is 19.8 Å². The molecule has 0 fully saturated rings. The predicted molar refractivity (Wildman–Crippen MR) is 19.2 cm³/mol. The average Bonchev–Trinajstić information content (AvgIpc) is 1.61. The van der Waals surface area contributed by atoms with E-state index in [1.165, 1.54) is 0 Å². The van der Waals surface area contributed by atoms with Gasteiger partial charge in [0.05, 0.1) is 11.9 Å². The molecule has 0 aliphatic carbocycles. The molecule has 0 N–H and O–H groups in total. The van der Waals surface area contributed by atoms with E-state index in [4.69, 9.17) is 0 Å². The van der Waals surface area contributed by atoms with Crippen LogP contribution in [0, 0.1) is 0 Å². The van der Waals surface area contributed by atoms with Crippen molar-refractivity contribution in [3.63, 3.8) is 0 Å². The second-order valence-corrected chi connectivity index (χ2v) is 0.971. The Bertz CT molecular complexity index is 124. The maximum Gasteiger partial charge on any atom is 0.0643 e. The van der Waals surface area contributed by atoms with Gasteiger partial charge >= 0.3 is 0 Å². The van der Waals surface area contributed by atoms with E-state index in [1.807, 2.05) is 0 Å². The van der Waals surface area contributed by atoms with Crippen LogP contribution in [-0.4, -0.2) is 11.9 Å². The van der Waals surface area contributed by atoms with Crippen LogP contribution < -0.4 is 10.2 Å². The predicted octanol–water partition coefficient (Wildman–Crippen LogP) is -2.96. The first kappa shape index (κ1) is 11.2. The van der Waals surface area contributed by atoms with Gasteiger partial charge in [-0.2, -0.15) is 0 Å². The molecule has 0 aromatic rings. The number of rotatable bonds is 2. The first-order valence-electron chi connectivity index (χ1n) is 1.73. The van der Waals surface area contributed by atoms with Crippen LogP contribution in [0.1, 0.15) is 0 Å². The number of hydrogen-bond donors (Lipinski definition) is 0. The van der Waals surface area contributed by atoms with Crippen molar-refractivity contribution in [3.05, 3.63) is 12.2 Å². The Morgan fingerprint density at radius 2 is 1.22 bits per heavy atom. The number of carboxylic acids is 2. The van der Waals surface area contributed by atoms with Gasteiger partial charge in [-0.05, 0) is 12.2 Å². The van der Waals surface area contributed by atoms with Crippen molar-refractivity contribution in [1.29, 1.82) is 0 Å². The van der Waals surface area contributed by atoms with Crippen LogP contribution in [0.15, 0.2) is 12.2 Å². The third kappa shape index (κ3) is 11.2. The summed E-state index contributed by atoms with van der Waals surface area (Å²) in [6.07, 6.45) is 0.769. The zero-order valence-corrected chi connectivity index (χ0v) is 5.57. The summed E-state index contributed by atoms with van der Waals surface area (Å²) in [5.41, 5.74) is 0. The molecule has 0 amide bonds. The fourth-order valence-electron chi connectivity index (χ4n) is 0.136. The van der Waals surface area contributed by atoms with Gasteiger partial charge in [0.25, 0.3) is 0 Å². The molecule has 9 heavy (non-hydrogen) atoms. The molecule has 0 saturated heterocycles. The Kier molecular flexibility index (Phi) is 6.94. The molecular formula is C4H2AgO4-2. The van der Waals surface area contributed by atoms with E-state index < -0.39 is 11.9 Å². The van der Waals surface area contributed by atoms with Crippen LogP contribution in [0.3, 0.4) is 0 Å². The molecule has 0 atom stereocenters. The summed E-state index contributed by atoms with van der Waals surface area (Å²) in [4.78, 5) is 18.8. The van der Waals surface area contributed by atoms with Gasteiger partial charge in [0.2, 0.25) is 0 Å². The summed E-state index contributed by atoms with van der Waals surface area (Å²) in [5.74, 6) is -3.09. The molecule has 0 rings (SSSR count). The monoisotopic (exact) mass is 221 g/mol. The van der Waals surface area contributed by atoms with E-state index in [1.54, 1.807) is 0 Å². The quantitative estimate of drug-likeness (QED) is 0.369. The first-order chi connectivity index (χ1) is 3.63. The minimum atomic E-state index is -1.55. The van der Waals surface area contributed by atoms with Gasteiger partial charge in [-0.1, -0.05) is 0 Å². The molecule has 4 nitrogen and oxygen atoms in total. The molecule has 0 heterocycles. The fraction of sp³-hybridized carbons (Fsp3) is 0. The van der Waals surface area contributed by atoms with Crippen LogP contribution in [-0.2, 0) is 32.0 Å². The molecule has 1 radical (unpaired) electrons. The SMILES string of the molecule is O=C([O-])C=CC(=O)[O-].[Ag]. The standard InChI is InChI=1S/C4H4O4.Ag/c5-3(6)1-2-4(7)8;/h1-2H,(H,5,6)(H,7,8);/p-2. The largest absolute Gasteiger partial charge is 0.545 e. The van der Waals surface area contributed by atoms with E-state index >= 15 is 0 Å². The molecule has 55 valence electrons. The van der Waals surface area contributed by atoms with Gasteiger partial charge in [-0.15, -0.1) is 0 Å². The van der Waals surface area contributed by atoms with Crippen molar-refractivity contribution in [2.75, 3.05) is 0 Å². The van der Waals surface area contributed by atoms with Gasteiger partial charge in [-0.3, -0.25) is 0 Å². The van der Waals surface area contributed by atoms with Crippen molar-refractivity contribution in [2.24, 2.45) is 0 Å². The minimum Gasteiger partial charge on any atom is -0.545 e. The zero-order valence-electron chi connectivity index (χ0n) is 4.09. The molecule has 0 unspecified atom stereocenters. The van der Waals surface area contributed by atoms with E-state index in [0.717, 1.165) is 0 Å².